The molecule has 0 bridgehead atoms. The Hall–Kier alpha value is -2.81. The molecule has 110 valence electrons. The first kappa shape index (κ1) is 14.1. The van der Waals surface area contributed by atoms with Gasteiger partial charge in [0.25, 0.3) is 0 Å². The molecule has 0 aliphatic carbocycles. The van der Waals surface area contributed by atoms with Gasteiger partial charge in [-0.3, -0.25) is 0 Å². The molecule has 2 aromatic carbocycles. The first-order chi connectivity index (χ1) is 10.7. The largest absolute Gasteiger partial charge is 0.488 e. The lowest BCUT2D eigenvalue weighted by Gasteiger charge is -2.11. The summed E-state index contributed by atoms with van der Waals surface area (Å²) in [6, 6.07) is 21.3. The maximum atomic E-state index is 11.4. The Labute approximate surface area is 128 Å². The van der Waals surface area contributed by atoms with Crippen LogP contribution in [0.1, 0.15) is 11.3 Å². The van der Waals surface area contributed by atoms with Crippen LogP contribution in [-0.2, 0) is 6.61 Å². The van der Waals surface area contributed by atoms with Crippen molar-refractivity contribution < 1.29 is 9.15 Å². The Balaban J connectivity index is 1.86. The van der Waals surface area contributed by atoms with Crippen molar-refractivity contribution in [2.24, 2.45) is 0 Å². The molecule has 22 heavy (non-hydrogen) atoms. The van der Waals surface area contributed by atoms with Crippen molar-refractivity contribution in [2.45, 2.75) is 13.5 Å². The first-order valence-corrected chi connectivity index (χ1v) is 7.10. The second-order valence-electron chi connectivity index (χ2n) is 5.03. The van der Waals surface area contributed by atoms with Gasteiger partial charge in [0.2, 0.25) is 0 Å². The monoisotopic (exact) mass is 292 g/mol. The molecule has 0 fully saturated rings. The molecule has 0 N–H and O–H groups in total. The molecule has 0 spiro atoms. The van der Waals surface area contributed by atoms with E-state index >= 15 is 0 Å². The standard InChI is InChI=1S/C19H16O3/c1-14-11-17(12-19(20)22-14)21-13-16-9-5-6-10-18(16)15-7-3-2-4-8-15/h2-12H,13H2,1H3. The third kappa shape index (κ3) is 3.26. The summed E-state index contributed by atoms with van der Waals surface area (Å²) in [6.07, 6.45) is 0. The molecule has 0 aliphatic rings. The zero-order valence-corrected chi connectivity index (χ0v) is 12.3. The normalized spacial score (nSPS) is 10.4. The van der Waals surface area contributed by atoms with Crippen molar-refractivity contribution >= 4 is 0 Å². The summed E-state index contributed by atoms with van der Waals surface area (Å²) >= 11 is 0. The number of ether oxygens (including phenoxy) is 1. The molecule has 0 aliphatic heterocycles. The number of benzene rings is 2. The maximum Gasteiger partial charge on any atom is 0.339 e. The van der Waals surface area contributed by atoms with Gasteiger partial charge in [0.1, 0.15) is 18.1 Å². The van der Waals surface area contributed by atoms with Crippen LogP contribution in [0, 0.1) is 6.92 Å². The third-order valence-electron chi connectivity index (χ3n) is 3.36. The maximum absolute atomic E-state index is 11.4. The van der Waals surface area contributed by atoms with E-state index in [1.807, 2.05) is 36.4 Å². The summed E-state index contributed by atoms with van der Waals surface area (Å²) in [7, 11) is 0. The molecule has 0 atom stereocenters. The Morgan fingerprint density at radius 1 is 0.955 bits per heavy atom. The summed E-state index contributed by atoms with van der Waals surface area (Å²) < 4.78 is 10.7. The van der Waals surface area contributed by atoms with E-state index in [9.17, 15) is 4.79 Å². The van der Waals surface area contributed by atoms with Crippen LogP contribution in [0.5, 0.6) is 5.75 Å². The Morgan fingerprint density at radius 3 is 2.45 bits per heavy atom. The fourth-order valence-corrected chi connectivity index (χ4v) is 2.37. The van der Waals surface area contributed by atoms with E-state index in [0.717, 1.165) is 16.7 Å². The molecule has 0 unspecified atom stereocenters. The summed E-state index contributed by atoms with van der Waals surface area (Å²) in [5, 5.41) is 0. The molecule has 1 heterocycles. The van der Waals surface area contributed by atoms with Crippen molar-refractivity contribution in [3.63, 3.8) is 0 Å². The summed E-state index contributed by atoms with van der Waals surface area (Å²) in [4.78, 5) is 11.4. The second-order valence-corrected chi connectivity index (χ2v) is 5.03. The molecule has 1 aromatic heterocycles. The van der Waals surface area contributed by atoms with E-state index in [0.29, 0.717) is 18.1 Å². The third-order valence-corrected chi connectivity index (χ3v) is 3.36. The number of hydrogen-bond donors (Lipinski definition) is 0. The van der Waals surface area contributed by atoms with Gasteiger partial charge < -0.3 is 9.15 Å². The lowest BCUT2D eigenvalue weighted by Crippen LogP contribution is -2.02. The van der Waals surface area contributed by atoms with E-state index < -0.39 is 5.63 Å². The van der Waals surface area contributed by atoms with E-state index in [2.05, 4.69) is 18.2 Å². The van der Waals surface area contributed by atoms with Crippen molar-refractivity contribution in [2.75, 3.05) is 0 Å². The zero-order chi connectivity index (χ0) is 15.4. The van der Waals surface area contributed by atoms with Crippen LogP contribution in [0.2, 0.25) is 0 Å². The van der Waals surface area contributed by atoms with Gasteiger partial charge in [-0.15, -0.1) is 0 Å². The second kappa shape index (κ2) is 6.31. The highest BCUT2D eigenvalue weighted by atomic mass is 16.5. The molecule has 3 nitrogen and oxygen atoms in total. The predicted molar refractivity (Wildman–Crippen MR) is 85.9 cm³/mol. The zero-order valence-electron chi connectivity index (χ0n) is 12.3. The van der Waals surface area contributed by atoms with Crippen molar-refractivity contribution in [1.29, 1.82) is 0 Å². The minimum atomic E-state index is -0.397. The van der Waals surface area contributed by atoms with Gasteiger partial charge in [-0.1, -0.05) is 54.6 Å². The molecule has 0 saturated heterocycles. The van der Waals surface area contributed by atoms with E-state index in [1.165, 1.54) is 6.07 Å². The average Bonchev–Trinajstić information content (AvgIpc) is 2.53. The number of rotatable bonds is 4. The summed E-state index contributed by atoms with van der Waals surface area (Å²) in [5.74, 6) is 1.07. The van der Waals surface area contributed by atoms with Crippen molar-refractivity contribution in [3.05, 3.63) is 88.5 Å². The van der Waals surface area contributed by atoms with Gasteiger partial charge in [0.05, 0.1) is 6.07 Å². The first-order valence-electron chi connectivity index (χ1n) is 7.10. The van der Waals surface area contributed by atoms with Crippen LogP contribution in [0.4, 0.5) is 0 Å². The molecule has 3 heteroatoms. The smallest absolute Gasteiger partial charge is 0.339 e. The molecule has 0 amide bonds. The molecule has 0 saturated carbocycles. The Kier molecular flexibility index (Phi) is 4.05. The average molecular weight is 292 g/mol. The van der Waals surface area contributed by atoms with Crippen LogP contribution >= 0.6 is 0 Å². The van der Waals surface area contributed by atoms with Crippen LogP contribution in [0.15, 0.2) is 75.9 Å². The van der Waals surface area contributed by atoms with E-state index in [-0.39, 0.29) is 0 Å². The molecule has 0 radical (unpaired) electrons. The molecule has 3 aromatic rings. The Bertz CT molecular complexity index is 819. The van der Waals surface area contributed by atoms with Gasteiger partial charge in [0.15, 0.2) is 0 Å². The lowest BCUT2D eigenvalue weighted by atomic mass is 10.0. The lowest BCUT2D eigenvalue weighted by molar-refractivity contribution is 0.300. The van der Waals surface area contributed by atoms with E-state index in [1.54, 1.807) is 13.0 Å². The van der Waals surface area contributed by atoms with Gasteiger partial charge in [0, 0.05) is 6.07 Å². The fourth-order valence-electron chi connectivity index (χ4n) is 2.37. The summed E-state index contributed by atoms with van der Waals surface area (Å²) in [6.45, 7) is 2.13. The fraction of sp³-hybridized carbons (Fsp3) is 0.105. The van der Waals surface area contributed by atoms with Gasteiger partial charge in [-0.05, 0) is 23.6 Å². The highest BCUT2D eigenvalue weighted by Gasteiger charge is 2.06. The minimum absolute atomic E-state index is 0.397. The quantitative estimate of drug-likeness (QED) is 0.723. The van der Waals surface area contributed by atoms with Crippen molar-refractivity contribution in [3.8, 4) is 16.9 Å². The van der Waals surface area contributed by atoms with Gasteiger partial charge >= 0.3 is 5.63 Å². The van der Waals surface area contributed by atoms with Crippen LogP contribution in [0.25, 0.3) is 11.1 Å². The van der Waals surface area contributed by atoms with Crippen molar-refractivity contribution in [1.82, 2.24) is 0 Å². The van der Waals surface area contributed by atoms with Gasteiger partial charge in [-0.2, -0.15) is 0 Å². The van der Waals surface area contributed by atoms with E-state index in [4.69, 9.17) is 9.15 Å². The van der Waals surface area contributed by atoms with Gasteiger partial charge in [-0.25, -0.2) is 4.79 Å². The topological polar surface area (TPSA) is 39.4 Å². The molecule has 3 rings (SSSR count). The number of hydrogen-bond acceptors (Lipinski definition) is 3. The highest BCUT2D eigenvalue weighted by molar-refractivity contribution is 5.67. The van der Waals surface area contributed by atoms with Crippen LogP contribution in [-0.4, -0.2) is 0 Å². The highest BCUT2D eigenvalue weighted by Crippen LogP contribution is 2.24. The summed E-state index contributed by atoms with van der Waals surface area (Å²) in [5.41, 5.74) is 2.94. The van der Waals surface area contributed by atoms with Crippen LogP contribution < -0.4 is 10.4 Å². The predicted octanol–water partition coefficient (Wildman–Crippen LogP) is 4.19. The minimum Gasteiger partial charge on any atom is -0.488 e. The SMILES string of the molecule is Cc1cc(OCc2ccccc2-c2ccccc2)cc(=O)o1. The number of aryl methyl sites for hydroxylation is 1. The molecular weight excluding hydrogens is 276 g/mol. The Morgan fingerprint density at radius 2 is 1.68 bits per heavy atom. The van der Waals surface area contributed by atoms with Crippen LogP contribution in [0.3, 0.4) is 0 Å². The molecular formula is C19H16O3.